The van der Waals surface area contributed by atoms with Gasteiger partial charge in [-0.15, -0.1) is 0 Å². The summed E-state index contributed by atoms with van der Waals surface area (Å²) >= 11 is 11.9. The molecule has 0 amide bonds. The van der Waals surface area contributed by atoms with Crippen molar-refractivity contribution >= 4 is 34.6 Å². The maximum atomic E-state index is 5.99. The highest BCUT2D eigenvalue weighted by molar-refractivity contribution is 6.42. The van der Waals surface area contributed by atoms with Gasteiger partial charge in [0.05, 0.1) is 21.4 Å². The molecule has 0 radical (unpaired) electrons. The minimum atomic E-state index is 0.519. The second kappa shape index (κ2) is 4.11. The first-order chi connectivity index (χ1) is 7.08. The molecule has 1 aromatic carbocycles. The molecule has 1 heterocycles. The van der Waals surface area contributed by atoms with E-state index in [4.69, 9.17) is 28.9 Å². The standard InChI is InChI=1S/C11H14Cl2N2/c1-7-2-3-15(6-7)11-5-9(13)8(12)4-10(11)14/h4-5,7H,2-3,6,14H2,1H3. The molecule has 2 N–H and O–H groups in total. The molecule has 15 heavy (non-hydrogen) atoms. The molecule has 1 saturated heterocycles. The quantitative estimate of drug-likeness (QED) is 0.768. The van der Waals surface area contributed by atoms with Crippen LogP contribution in [0.15, 0.2) is 12.1 Å². The third-order valence-corrected chi connectivity index (χ3v) is 3.56. The monoisotopic (exact) mass is 244 g/mol. The van der Waals surface area contributed by atoms with Crippen molar-refractivity contribution in [3.8, 4) is 0 Å². The summed E-state index contributed by atoms with van der Waals surface area (Å²) in [6.07, 6.45) is 1.21. The molecule has 1 fully saturated rings. The van der Waals surface area contributed by atoms with Gasteiger partial charge in [0.2, 0.25) is 0 Å². The number of nitrogen functional groups attached to an aromatic ring is 1. The molecular formula is C11H14Cl2N2. The van der Waals surface area contributed by atoms with Crippen molar-refractivity contribution in [2.45, 2.75) is 13.3 Å². The summed E-state index contributed by atoms with van der Waals surface area (Å²) in [6.45, 7) is 4.33. The molecule has 4 heteroatoms. The van der Waals surface area contributed by atoms with Crippen LogP contribution in [0.2, 0.25) is 10.0 Å². The summed E-state index contributed by atoms with van der Waals surface area (Å²) in [7, 11) is 0. The van der Waals surface area contributed by atoms with E-state index in [0.717, 1.165) is 24.7 Å². The third-order valence-electron chi connectivity index (χ3n) is 2.83. The van der Waals surface area contributed by atoms with Crippen molar-refractivity contribution in [3.05, 3.63) is 22.2 Å². The Kier molecular flexibility index (Phi) is 2.98. The average Bonchev–Trinajstić information content (AvgIpc) is 2.58. The van der Waals surface area contributed by atoms with E-state index in [9.17, 15) is 0 Å². The van der Waals surface area contributed by atoms with E-state index < -0.39 is 0 Å². The van der Waals surface area contributed by atoms with Crippen LogP contribution in [0.1, 0.15) is 13.3 Å². The Morgan fingerprint density at radius 2 is 2.00 bits per heavy atom. The fourth-order valence-electron chi connectivity index (χ4n) is 1.98. The van der Waals surface area contributed by atoms with Crippen LogP contribution in [0.5, 0.6) is 0 Å². The van der Waals surface area contributed by atoms with Crippen LogP contribution in [-0.4, -0.2) is 13.1 Å². The van der Waals surface area contributed by atoms with Crippen molar-refractivity contribution < 1.29 is 0 Å². The van der Waals surface area contributed by atoms with Crippen LogP contribution >= 0.6 is 23.2 Å². The molecule has 0 bridgehead atoms. The van der Waals surface area contributed by atoms with Gasteiger partial charge in [-0.1, -0.05) is 30.1 Å². The van der Waals surface area contributed by atoms with Crippen LogP contribution < -0.4 is 10.6 Å². The Morgan fingerprint density at radius 3 is 2.60 bits per heavy atom. The van der Waals surface area contributed by atoms with E-state index in [-0.39, 0.29) is 0 Å². The zero-order valence-electron chi connectivity index (χ0n) is 8.63. The summed E-state index contributed by atoms with van der Waals surface area (Å²) < 4.78 is 0. The Labute approximate surface area is 100.0 Å². The average molecular weight is 245 g/mol. The first-order valence-corrected chi connectivity index (χ1v) is 5.83. The van der Waals surface area contributed by atoms with Gasteiger partial charge >= 0.3 is 0 Å². The Balaban J connectivity index is 2.32. The topological polar surface area (TPSA) is 29.3 Å². The van der Waals surface area contributed by atoms with Gasteiger partial charge in [-0.3, -0.25) is 0 Å². The third kappa shape index (κ3) is 2.16. The van der Waals surface area contributed by atoms with Gasteiger partial charge in [0, 0.05) is 13.1 Å². The van der Waals surface area contributed by atoms with E-state index in [2.05, 4.69) is 11.8 Å². The van der Waals surface area contributed by atoms with Crippen LogP contribution in [0.25, 0.3) is 0 Å². The zero-order valence-corrected chi connectivity index (χ0v) is 10.1. The number of nitrogens with two attached hydrogens (primary N) is 1. The molecule has 1 aliphatic rings. The molecule has 82 valence electrons. The molecule has 2 nitrogen and oxygen atoms in total. The Morgan fingerprint density at radius 1 is 1.33 bits per heavy atom. The molecule has 0 saturated carbocycles. The number of hydrogen-bond donors (Lipinski definition) is 1. The van der Waals surface area contributed by atoms with Gasteiger partial charge in [0.15, 0.2) is 0 Å². The minimum Gasteiger partial charge on any atom is -0.397 e. The molecule has 1 aromatic rings. The number of halogens is 2. The number of anilines is 2. The fourth-order valence-corrected chi connectivity index (χ4v) is 2.31. The van der Waals surface area contributed by atoms with Crippen molar-refractivity contribution in [1.29, 1.82) is 0 Å². The van der Waals surface area contributed by atoms with Gasteiger partial charge in [-0.05, 0) is 24.5 Å². The molecule has 1 unspecified atom stereocenters. The number of rotatable bonds is 1. The summed E-state index contributed by atoms with van der Waals surface area (Å²) in [6, 6.07) is 3.58. The molecule has 1 aliphatic heterocycles. The van der Waals surface area contributed by atoms with E-state index in [1.807, 2.05) is 6.07 Å². The SMILES string of the molecule is CC1CCN(c2cc(Cl)c(Cl)cc2N)C1. The largest absolute Gasteiger partial charge is 0.397 e. The lowest BCUT2D eigenvalue weighted by molar-refractivity contribution is 0.659. The maximum Gasteiger partial charge on any atom is 0.0616 e. The van der Waals surface area contributed by atoms with Gasteiger partial charge < -0.3 is 10.6 Å². The minimum absolute atomic E-state index is 0.519. The highest BCUT2D eigenvalue weighted by Gasteiger charge is 2.21. The van der Waals surface area contributed by atoms with E-state index in [0.29, 0.717) is 15.7 Å². The molecule has 0 spiro atoms. The number of hydrogen-bond acceptors (Lipinski definition) is 2. The Bertz CT molecular complexity index is 379. The van der Waals surface area contributed by atoms with Crippen molar-refractivity contribution in [2.75, 3.05) is 23.7 Å². The van der Waals surface area contributed by atoms with Gasteiger partial charge in [0.1, 0.15) is 0 Å². The lowest BCUT2D eigenvalue weighted by atomic mass is 10.2. The maximum absolute atomic E-state index is 5.99. The zero-order chi connectivity index (χ0) is 11.0. The smallest absolute Gasteiger partial charge is 0.0616 e. The summed E-state index contributed by atoms with van der Waals surface area (Å²) in [4.78, 5) is 2.27. The highest BCUT2D eigenvalue weighted by Crippen LogP contribution is 2.35. The van der Waals surface area contributed by atoms with Gasteiger partial charge in [0.25, 0.3) is 0 Å². The number of benzene rings is 1. The molecule has 0 aromatic heterocycles. The predicted octanol–water partition coefficient (Wildman–Crippen LogP) is 3.42. The predicted molar refractivity (Wildman–Crippen MR) is 66.9 cm³/mol. The number of nitrogens with zero attached hydrogens (tertiary/aromatic N) is 1. The molecular weight excluding hydrogens is 231 g/mol. The van der Waals surface area contributed by atoms with E-state index >= 15 is 0 Å². The van der Waals surface area contributed by atoms with Crippen LogP contribution in [0.4, 0.5) is 11.4 Å². The van der Waals surface area contributed by atoms with Crippen molar-refractivity contribution in [3.63, 3.8) is 0 Å². The fraction of sp³-hybridized carbons (Fsp3) is 0.455. The summed E-state index contributed by atoms with van der Waals surface area (Å²) in [5, 5.41) is 1.09. The summed E-state index contributed by atoms with van der Waals surface area (Å²) in [5.74, 6) is 0.721. The molecule has 0 aliphatic carbocycles. The van der Waals surface area contributed by atoms with Gasteiger partial charge in [-0.2, -0.15) is 0 Å². The van der Waals surface area contributed by atoms with E-state index in [1.165, 1.54) is 6.42 Å². The first-order valence-electron chi connectivity index (χ1n) is 5.07. The second-order valence-corrected chi connectivity index (χ2v) is 4.98. The van der Waals surface area contributed by atoms with Crippen LogP contribution in [0.3, 0.4) is 0 Å². The van der Waals surface area contributed by atoms with Crippen LogP contribution in [-0.2, 0) is 0 Å². The lowest BCUT2D eigenvalue weighted by Gasteiger charge is -2.20. The normalized spacial score (nSPS) is 21.0. The van der Waals surface area contributed by atoms with E-state index in [1.54, 1.807) is 6.07 Å². The second-order valence-electron chi connectivity index (χ2n) is 4.16. The Hall–Kier alpha value is -0.600. The van der Waals surface area contributed by atoms with Gasteiger partial charge in [-0.25, -0.2) is 0 Å². The molecule has 1 atom stereocenters. The van der Waals surface area contributed by atoms with Crippen LogP contribution in [0, 0.1) is 5.92 Å². The summed E-state index contributed by atoms with van der Waals surface area (Å²) in [5.41, 5.74) is 7.65. The first kappa shape index (κ1) is 10.9. The highest BCUT2D eigenvalue weighted by atomic mass is 35.5. The molecule has 2 rings (SSSR count). The van der Waals surface area contributed by atoms with Crippen molar-refractivity contribution in [2.24, 2.45) is 5.92 Å². The van der Waals surface area contributed by atoms with Crippen molar-refractivity contribution in [1.82, 2.24) is 0 Å². The lowest BCUT2D eigenvalue weighted by Crippen LogP contribution is -2.20.